The lowest BCUT2D eigenvalue weighted by molar-refractivity contribution is -0.136. The molecule has 3 aromatic heterocycles. The molecule has 6 aromatic rings. The van der Waals surface area contributed by atoms with Gasteiger partial charge in [0, 0.05) is 92.3 Å². The fourth-order valence-electron chi connectivity index (χ4n) is 10.1. The highest BCUT2D eigenvalue weighted by Crippen LogP contribution is 2.36. The number of benzene rings is 3. The second kappa shape index (κ2) is 32.9. The van der Waals surface area contributed by atoms with Gasteiger partial charge < -0.3 is 50.7 Å². The van der Waals surface area contributed by atoms with E-state index in [9.17, 15) is 33.9 Å². The minimum absolute atomic E-state index is 0.0135. The number of hydrogen-bond acceptors (Lipinski definition) is 17. The smallest absolute Gasteiger partial charge is 0.410 e. The molecule has 504 valence electrons. The Kier molecular flexibility index (Phi) is 25.2. The van der Waals surface area contributed by atoms with Gasteiger partial charge in [0.05, 0.1) is 48.0 Å². The van der Waals surface area contributed by atoms with Gasteiger partial charge in [0.25, 0.3) is 0 Å². The number of carboxylic acid groups (broad SMARTS) is 1. The van der Waals surface area contributed by atoms with E-state index >= 15 is 4.39 Å². The zero-order valence-electron chi connectivity index (χ0n) is 55.8. The Bertz CT molecular complexity index is 3530. The topological polar surface area (TPSA) is 310 Å². The van der Waals surface area contributed by atoms with Crippen LogP contribution in [0.25, 0.3) is 0 Å². The molecular weight excluding hydrogens is 1210 g/mol. The van der Waals surface area contributed by atoms with Crippen molar-refractivity contribution < 1.29 is 53.2 Å². The number of likely N-dealkylation sites (N-methyl/N-ethyl adjacent to an activating group) is 1. The number of carbonyl (C=O) groups excluding carboxylic acids is 5. The van der Waals surface area contributed by atoms with E-state index < -0.39 is 53.8 Å². The Hall–Kier alpha value is -9.43. The lowest BCUT2D eigenvalue weighted by Gasteiger charge is -2.42. The summed E-state index contributed by atoms with van der Waals surface area (Å²) in [5.41, 5.74) is 6.94. The molecule has 0 radical (unpaired) electrons. The molecule has 9 rings (SSSR count). The molecule has 1 fully saturated rings. The SMILES string of the molecule is CC(C)[C@@H](C)c1cn([C@@H](C)C(=O)Nc2ccc(CO)cc2)nn1.CC(C)[C@H](C)c1cn([C@@H](C)C(=O)Nc2ccc(CO)cc2)nn1.CCN1C=C(C(=O)O)C(=O)C2C=C(F)C(N3CCN(C(=O)OCc4ccc(NC(=O)[C@H](C)n5cc([C@@H](C)C(C)C)nn5)cc4)CC3)=CC21. The predicted octanol–water partition coefficient (Wildman–Crippen LogP) is 9.56. The van der Waals surface area contributed by atoms with Crippen molar-refractivity contribution in [3.63, 3.8) is 0 Å². The monoisotopic (exact) mass is 1300 g/mol. The summed E-state index contributed by atoms with van der Waals surface area (Å²) in [6.07, 6.45) is 9.21. The minimum atomic E-state index is -1.33. The summed E-state index contributed by atoms with van der Waals surface area (Å²) in [6.45, 7) is 28.0. The van der Waals surface area contributed by atoms with E-state index in [4.69, 9.17) is 14.9 Å². The number of carboxylic acids is 1. The first-order chi connectivity index (χ1) is 44.7. The number of nitrogens with zero attached hydrogens (tertiary/aromatic N) is 12. The van der Waals surface area contributed by atoms with Gasteiger partial charge in [-0.3, -0.25) is 19.2 Å². The number of nitrogens with one attached hydrogen (secondary N) is 3. The van der Waals surface area contributed by atoms with Gasteiger partial charge in [-0.2, -0.15) is 0 Å². The standard InChI is InChI=1S/C34H42FN7O6.2C17H24N4O2/c1-6-39-17-26(33(45)46)31(43)25-15-27(35)30(16-29(25)39)40-11-13-41(14-12-40)34(47)48-19-23-7-9-24(10-8-23)36-32(44)22(5)42-18-28(37-38-42)21(4)20(2)3;2*1-11(2)12(3)16-9-21(20-19-16)13(4)17(23)18-15-7-5-14(10-22)6-8-15/h7-10,15-18,20-22,25,29H,6,11-14,19H2,1-5H3,(H,36,44)(H,45,46);2*5-9,11-13,22H,10H2,1-4H3,(H,18,23)/t21-,22-,25?,29?;12-,13+;12-,13-/m010/s1. The summed E-state index contributed by atoms with van der Waals surface area (Å²) in [5, 5.41) is 60.9. The quantitative estimate of drug-likeness (QED) is 0.0345. The van der Waals surface area contributed by atoms with Crippen molar-refractivity contribution in [2.24, 2.45) is 23.7 Å². The molecule has 5 heterocycles. The van der Waals surface area contributed by atoms with E-state index in [-0.39, 0.29) is 49.0 Å². The summed E-state index contributed by atoms with van der Waals surface area (Å²) >= 11 is 0. The van der Waals surface area contributed by atoms with Gasteiger partial charge in [-0.15, -0.1) is 15.3 Å². The number of aliphatic hydroxyl groups excluding tert-OH is 2. The van der Waals surface area contributed by atoms with Crippen LogP contribution in [0.1, 0.15) is 160 Å². The summed E-state index contributed by atoms with van der Waals surface area (Å²) in [6, 6.07) is 19.2. The van der Waals surface area contributed by atoms with Crippen molar-refractivity contribution in [2.75, 3.05) is 48.7 Å². The van der Waals surface area contributed by atoms with Crippen molar-refractivity contribution in [3.05, 3.63) is 161 Å². The summed E-state index contributed by atoms with van der Waals surface area (Å²) in [5.74, 6) is -1.84. The number of anilines is 3. The third kappa shape index (κ3) is 18.4. The molecule has 0 saturated carbocycles. The molecule has 1 aliphatic carbocycles. The fraction of sp³-hybridized carbons (Fsp3) is 0.471. The molecule has 25 nitrogen and oxygen atoms in total. The highest BCUT2D eigenvalue weighted by Gasteiger charge is 2.42. The Morgan fingerprint density at radius 1 is 0.564 bits per heavy atom. The van der Waals surface area contributed by atoms with Gasteiger partial charge in [-0.25, -0.2) is 28.0 Å². The second-order valence-electron chi connectivity index (χ2n) is 25.0. The summed E-state index contributed by atoms with van der Waals surface area (Å²) in [4.78, 5) is 79.7. The van der Waals surface area contributed by atoms with Gasteiger partial charge in [0.2, 0.25) is 17.7 Å². The number of allylic oxidation sites excluding steroid dienone is 1. The highest BCUT2D eigenvalue weighted by atomic mass is 19.1. The molecule has 0 bridgehead atoms. The average Bonchev–Trinajstić information content (AvgIpc) is 0.828. The van der Waals surface area contributed by atoms with Crippen LogP contribution in [0.15, 0.2) is 127 Å². The molecule has 94 heavy (non-hydrogen) atoms. The fourth-order valence-corrected chi connectivity index (χ4v) is 10.1. The molecule has 8 atom stereocenters. The number of aliphatic carboxylic acids is 1. The lowest BCUT2D eigenvalue weighted by Crippen LogP contribution is -2.50. The molecule has 26 heteroatoms. The lowest BCUT2D eigenvalue weighted by atomic mass is 9.82. The molecular formula is C68H90FN15O10. The first kappa shape index (κ1) is 72.0. The number of Topliss-reactive ketones (excluding diaryl/α,β-unsaturated/α-hetero) is 1. The molecule has 3 aliphatic rings. The number of rotatable bonds is 22. The van der Waals surface area contributed by atoms with Crippen LogP contribution in [0, 0.1) is 23.7 Å². The van der Waals surface area contributed by atoms with Crippen LogP contribution < -0.4 is 16.0 Å². The van der Waals surface area contributed by atoms with E-state index in [0.29, 0.717) is 85.1 Å². The Morgan fingerprint density at radius 3 is 1.28 bits per heavy atom. The molecule has 0 spiro atoms. The molecule has 1 saturated heterocycles. The van der Waals surface area contributed by atoms with Crippen molar-refractivity contribution in [1.29, 1.82) is 0 Å². The Labute approximate surface area is 548 Å². The number of aliphatic hydroxyl groups is 2. The van der Waals surface area contributed by atoms with E-state index in [1.165, 1.54) is 12.3 Å². The third-order valence-electron chi connectivity index (χ3n) is 17.7. The molecule has 2 aliphatic heterocycles. The maximum atomic E-state index is 15.2. The number of fused-ring (bicyclic) bond motifs is 1. The normalized spacial score (nSPS) is 17.4. The molecule has 4 amide bonds. The van der Waals surface area contributed by atoms with Crippen LogP contribution in [0.5, 0.6) is 0 Å². The van der Waals surface area contributed by atoms with Crippen LogP contribution in [0.4, 0.5) is 26.2 Å². The predicted molar refractivity (Wildman–Crippen MR) is 352 cm³/mol. The molecule has 2 unspecified atom stereocenters. The zero-order valence-corrected chi connectivity index (χ0v) is 55.8. The number of carbonyl (C=O) groups is 6. The third-order valence-corrected chi connectivity index (χ3v) is 17.7. The van der Waals surface area contributed by atoms with Gasteiger partial charge >= 0.3 is 12.1 Å². The number of halogens is 1. The number of hydrogen-bond donors (Lipinski definition) is 6. The highest BCUT2D eigenvalue weighted by molar-refractivity contribution is 6.18. The van der Waals surface area contributed by atoms with E-state index in [2.05, 4.69) is 109 Å². The van der Waals surface area contributed by atoms with Gasteiger partial charge in [-0.1, -0.05) is 114 Å². The minimum Gasteiger partial charge on any atom is -0.478 e. The van der Waals surface area contributed by atoms with Crippen LogP contribution in [-0.4, -0.2) is 149 Å². The van der Waals surface area contributed by atoms with Gasteiger partial charge in [0.15, 0.2) is 5.78 Å². The zero-order chi connectivity index (χ0) is 68.7. The van der Waals surface area contributed by atoms with Crippen molar-refractivity contribution >= 4 is 52.6 Å². The van der Waals surface area contributed by atoms with E-state index in [1.807, 2.05) is 24.2 Å². The number of aromatic nitrogens is 9. The van der Waals surface area contributed by atoms with Gasteiger partial charge in [-0.05, 0) is 111 Å². The maximum Gasteiger partial charge on any atom is 0.410 e. The number of piperazine rings is 1. The largest absolute Gasteiger partial charge is 0.478 e. The molecule has 6 N–H and O–H groups in total. The van der Waals surface area contributed by atoms with Crippen molar-refractivity contribution in [3.8, 4) is 0 Å². The Balaban J connectivity index is 0.000000226. The first-order valence-electron chi connectivity index (χ1n) is 31.9. The average molecular weight is 1300 g/mol. The first-order valence-corrected chi connectivity index (χ1v) is 31.9. The van der Waals surface area contributed by atoms with Crippen LogP contribution in [-0.2, 0) is 48.5 Å². The number of ether oxygens (including phenoxy) is 1. The van der Waals surface area contributed by atoms with Crippen LogP contribution in [0.2, 0.25) is 0 Å². The summed E-state index contributed by atoms with van der Waals surface area (Å²) < 4.78 is 25.5. The second-order valence-corrected chi connectivity index (χ2v) is 25.0. The van der Waals surface area contributed by atoms with Crippen molar-refractivity contribution in [1.82, 2.24) is 59.7 Å². The maximum absolute atomic E-state index is 15.2. The van der Waals surface area contributed by atoms with Gasteiger partial charge in [0.1, 0.15) is 36.1 Å². The van der Waals surface area contributed by atoms with E-state index in [1.54, 1.807) is 130 Å². The van der Waals surface area contributed by atoms with E-state index in [0.717, 1.165) is 33.8 Å². The Morgan fingerprint density at radius 2 is 0.936 bits per heavy atom. The molecule has 3 aromatic carbocycles. The van der Waals surface area contributed by atoms with Crippen molar-refractivity contribution in [2.45, 2.75) is 152 Å². The van der Waals surface area contributed by atoms with Crippen LogP contribution in [0.3, 0.4) is 0 Å². The van der Waals surface area contributed by atoms with Crippen LogP contribution >= 0.6 is 0 Å². The number of amides is 4. The summed E-state index contributed by atoms with van der Waals surface area (Å²) in [7, 11) is 0. The number of ketones is 1.